The molecule has 1 amide bonds. The van der Waals surface area contributed by atoms with Crippen LogP contribution in [0.15, 0.2) is 41.3 Å². The number of halogens is 2. The number of carbonyl (C=O) groups is 1. The van der Waals surface area contributed by atoms with Crippen LogP contribution in [0, 0.1) is 25.5 Å². The van der Waals surface area contributed by atoms with E-state index in [0.29, 0.717) is 0 Å². The second-order valence-electron chi connectivity index (χ2n) is 4.66. The zero-order valence-electron chi connectivity index (χ0n) is 11.7. The van der Waals surface area contributed by atoms with Crippen molar-refractivity contribution in [3.8, 4) is 0 Å². The first-order valence-electron chi connectivity index (χ1n) is 6.41. The minimum absolute atomic E-state index is 0.0654. The van der Waals surface area contributed by atoms with Crippen molar-refractivity contribution < 1.29 is 13.6 Å². The number of aryl methyl sites for hydroxylation is 1. The van der Waals surface area contributed by atoms with Gasteiger partial charge in [0.05, 0.1) is 5.75 Å². The van der Waals surface area contributed by atoms with E-state index < -0.39 is 11.6 Å². The van der Waals surface area contributed by atoms with Crippen molar-refractivity contribution >= 4 is 23.4 Å². The summed E-state index contributed by atoms with van der Waals surface area (Å²) < 4.78 is 26.2. The summed E-state index contributed by atoms with van der Waals surface area (Å²) in [5.41, 5.74) is 2.84. The van der Waals surface area contributed by atoms with Gasteiger partial charge in [-0.15, -0.1) is 11.8 Å². The van der Waals surface area contributed by atoms with Crippen molar-refractivity contribution in [2.24, 2.45) is 0 Å². The fourth-order valence-corrected chi connectivity index (χ4v) is 2.53. The lowest BCUT2D eigenvalue weighted by atomic mass is 10.1. The first-order chi connectivity index (χ1) is 9.97. The second-order valence-corrected chi connectivity index (χ2v) is 5.68. The Hall–Kier alpha value is -1.88. The summed E-state index contributed by atoms with van der Waals surface area (Å²) in [4.78, 5) is 12.2. The number of anilines is 1. The highest BCUT2D eigenvalue weighted by molar-refractivity contribution is 8.00. The monoisotopic (exact) mass is 307 g/mol. The van der Waals surface area contributed by atoms with Crippen molar-refractivity contribution in [3.63, 3.8) is 0 Å². The maximum atomic E-state index is 13.5. The number of carbonyl (C=O) groups excluding carboxylic acids is 1. The van der Waals surface area contributed by atoms with Crippen LogP contribution in [0.4, 0.5) is 14.5 Å². The van der Waals surface area contributed by atoms with Crippen LogP contribution in [-0.2, 0) is 4.79 Å². The number of rotatable bonds is 4. The summed E-state index contributed by atoms with van der Waals surface area (Å²) >= 11 is 1.04. The minimum atomic E-state index is -0.653. The van der Waals surface area contributed by atoms with Gasteiger partial charge in [0.1, 0.15) is 11.6 Å². The molecule has 5 heteroatoms. The van der Waals surface area contributed by atoms with Crippen molar-refractivity contribution in [3.05, 3.63) is 59.2 Å². The van der Waals surface area contributed by atoms with E-state index in [9.17, 15) is 13.6 Å². The molecule has 0 bridgehead atoms. The van der Waals surface area contributed by atoms with Gasteiger partial charge < -0.3 is 5.32 Å². The highest BCUT2D eigenvalue weighted by Gasteiger charge is 2.09. The van der Waals surface area contributed by atoms with Gasteiger partial charge in [-0.3, -0.25) is 4.79 Å². The molecule has 21 heavy (non-hydrogen) atoms. The zero-order chi connectivity index (χ0) is 15.4. The largest absolute Gasteiger partial charge is 0.325 e. The van der Waals surface area contributed by atoms with Crippen molar-refractivity contribution in [1.82, 2.24) is 0 Å². The lowest BCUT2D eigenvalue weighted by molar-refractivity contribution is -0.113. The number of hydrogen-bond acceptors (Lipinski definition) is 2. The van der Waals surface area contributed by atoms with Gasteiger partial charge in [-0.1, -0.05) is 12.1 Å². The van der Waals surface area contributed by atoms with Crippen molar-refractivity contribution in [2.75, 3.05) is 11.1 Å². The molecule has 0 aliphatic heterocycles. The molecule has 2 nitrogen and oxygen atoms in total. The Morgan fingerprint density at radius 2 is 1.95 bits per heavy atom. The smallest absolute Gasteiger partial charge is 0.234 e. The Bertz CT molecular complexity index is 673. The zero-order valence-corrected chi connectivity index (χ0v) is 12.6. The van der Waals surface area contributed by atoms with Gasteiger partial charge in [-0.25, -0.2) is 8.78 Å². The Balaban J connectivity index is 1.97. The van der Waals surface area contributed by atoms with Crippen LogP contribution >= 0.6 is 11.8 Å². The molecule has 0 aliphatic carbocycles. The molecule has 1 N–H and O–H groups in total. The van der Waals surface area contributed by atoms with Crippen molar-refractivity contribution in [2.45, 2.75) is 18.7 Å². The molecule has 0 unspecified atom stereocenters. The molecule has 0 aromatic heterocycles. The average Bonchev–Trinajstić information content (AvgIpc) is 2.43. The topological polar surface area (TPSA) is 29.1 Å². The van der Waals surface area contributed by atoms with E-state index in [1.807, 2.05) is 32.0 Å². The number of nitrogens with one attached hydrogen (secondary N) is 1. The Morgan fingerprint density at radius 1 is 1.19 bits per heavy atom. The molecule has 0 spiro atoms. The maximum Gasteiger partial charge on any atom is 0.234 e. The number of amides is 1. The third-order valence-electron chi connectivity index (χ3n) is 3.13. The van der Waals surface area contributed by atoms with Gasteiger partial charge in [-0.2, -0.15) is 0 Å². The van der Waals surface area contributed by atoms with E-state index in [2.05, 4.69) is 5.32 Å². The summed E-state index contributed by atoms with van der Waals surface area (Å²) in [5, 5.41) is 2.80. The van der Waals surface area contributed by atoms with Crippen molar-refractivity contribution in [1.29, 1.82) is 0 Å². The number of hydrogen-bond donors (Lipinski definition) is 1. The molecule has 0 radical (unpaired) electrons. The highest BCUT2D eigenvalue weighted by atomic mass is 32.2. The van der Waals surface area contributed by atoms with E-state index in [4.69, 9.17) is 0 Å². The Morgan fingerprint density at radius 3 is 2.67 bits per heavy atom. The minimum Gasteiger partial charge on any atom is -0.325 e. The Labute approximate surface area is 126 Å². The summed E-state index contributed by atoms with van der Waals surface area (Å²) in [6.07, 6.45) is 0. The van der Waals surface area contributed by atoms with Crippen LogP contribution in [-0.4, -0.2) is 11.7 Å². The van der Waals surface area contributed by atoms with E-state index in [-0.39, 0.29) is 16.6 Å². The molecular formula is C16H15F2NOS. The second kappa shape index (κ2) is 6.72. The normalized spacial score (nSPS) is 10.5. The number of thioether (sulfide) groups is 1. The molecule has 0 saturated carbocycles. The lowest BCUT2D eigenvalue weighted by Gasteiger charge is -2.10. The molecule has 0 atom stereocenters. The van der Waals surface area contributed by atoms with Crippen LogP contribution in [0.3, 0.4) is 0 Å². The molecule has 2 aromatic rings. The van der Waals surface area contributed by atoms with E-state index in [0.717, 1.165) is 34.6 Å². The van der Waals surface area contributed by atoms with Gasteiger partial charge in [0.25, 0.3) is 0 Å². The summed E-state index contributed by atoms with van der Waals surface area (Å²) in [6.45, 7) is 3.89. The first kappa shape index (κ1) is 15.5. The fraction of sp³-hybridized carbons (Fsp3) is 0.188. The lowest BCUT2D eigenvalue weighted by Crippen LogP contribution is -2.15. The molecular weight excluding hydrogens is 292 g/mol. The summed E-state index contributed by atoms with van der Waals surface area (Å²) in [7, 11) is 0. The van der Waals surface area contributed by atoms with Gasteiger partial charge >= 0.3 is 0 Å². The molecule has 110 valence electrons. The summed E-state index contributed by atoms with van der Waals surface area (Å²) in [6, 6.07) is 8.97. The molecule has 0 saturated heterocycles. The standard InChI is InChI=1S/C16H15F2NOS/c1-10-4-3-5-14(11(10)2)19-16(20)9-21-15-7-6-12(17)8-13(15)18/h3-8H,9H2,1-2H3,(H,19,20). The van der Waals surface area contributed by atoms with Gasteiger partial charge in [-0.05, 0) is 43.2 Å². The highest BCUT2D eigenvalue weighted by Crippen LogP contribution is 2.23. The van der Waals surface area contributed by atoms with Gasteiger partial charge in [0.2, 0.25) is 5.91 Å². The third-order valence-corrected chi connectivity index (χ3v) is 4.18. The average molecular weight is 307 g/mol. The first-order valence-corrected chi connectivity index (χ1v) is 7.40. The van der Waals surface area contributed by atoms with Crippen LogP contribution in [0.2, 0.25) is 0 Å². The molecule has 0 heterocycles. The quantitative estimate of drug-likeness (QED) is 0.853. The van der Waals surface area contributed by atoms with Crippen LogP contribution < -0.4 is 5.32 Å². The maximum absolute atomic E-state index is 13.5. The van der Waals surface area contributed by atoms with E-state index in [1.165, 1.54) is 12.1 Å². The van der Waals surface area contributed by atoms with Gasteiger partial charge in [0.15, 0.2) is 0 Å². The third kappa shape index (κ3) is 4.04. The molecule has 2 rings (SSSR count). The number of benzene rings is 2. The molecule has 0 fully saturated rings. The van der Waals surface area contributed by atoms with E-state index >= 15 is 0 Å². The van der Waals surface area contributed by atoms with Gasteiger partial charge in [0, 0.05) is 16.6 Å². The van der Waals surface area contributed by atoms with E-state index in [1.54, 1.807) is 0 Å². The van der Waals surface area contributed by atoms with Crippen LogP contribution in [0.25, 0.3) is 0 Å². The predicted octanol–water partition coefficient (Wildman–Crippen LogP) is 4.31. The van der Waals surface area contributed by atoms with Crippen LogP contribution in [0.1, 0.15) is 11.1 Å². The van der Waals surface area contributed by atoms with Crippen LogP contribution in [0.5, 0.6) is 0 Å². The fourth-order valence-electron chi connectivity index (χ4n) is 1.81. The predicted molar refractivity (Wildman–Crippen MR) is 81.6 cm³/mol. The molecule has 0 aliphatic rings. The SMILES string of the molecule is Cc1cccc(NC(=O)CSc2ccc(F)cc2F)c1C. The molecule has 2 aromatic carbocycles. The summed E-state index contributed by atoms with van der Waals surface area (Å²) in [5.74, 6) is -1.44. The Kier molecular flexibility index (Phi) is 4.96.